The van der Waals surface area contributed by atoms with Gasteiger partial charge in [0.2, 0.25) is 5.95 Å². The van der Waals surface area contributed by atoms with E-state index >= 15 is 0 Å². The number of nitrogens with two attached hydrogens (primary N) is 1. The molecule has 8 nitrogen and oxygen atoms in total. The van der Waals surface area contributed by atoms with Crippen LogP contribution in [0.15, 0.2) is 11.0 Å². The number of H-pyrrole nitrogens is 1. The van der Waals surface area contributed by atoms with E-state index in [4.69, 9.17) is 10.8 Å². The number of aliphatic hydroxyl groups excluding tert-OH is 1. The highest BCUT2D eigenvalue weighted by Gasteiger charge is 2.08. The molecule has 2 heterocycles. The van der Waals surface area contributed by atoms with Gasteiger partial charge in [-0.15, -0.1) is 0 Å². The predicted octanol–water partition coefficient (Wildman–Crippen LogP) is -0.910. The van der Waals surface area contributed by atoms with Crippen molar-refractivity contribution in [2.45, 2.75) is 6.42 Å². The molecule has 17 heavy (non-hydrogen) atoms. The molecule has 0 spiro atoms. The highest BCUT2D eigenvalue weighted by molar-refractivity contribution is 5.87. The Bertz CT molecular complexity index is 581. The topological polar surface area (TPSA) is 130 Å². The molecular weight excluding hydrogens is 224 g/mol. The Labute approximate surface area is 95.9 Å². The van der Waals surface area contributed by atoms with Gasteiger partial charge >= 0.3 is 0 Å². The third-order valence-corrected chi connectivity index (χ3v) is 2.17. The quantitative estimate of drug-likeness (QED) is 0.505. The van der Waals surface area contributed by atoms with Crippen LogP contribution in [0, 0.1) is 0 Å². The summed E-state index contributed by atoms with van der Waals surface area (Å²) in [5.74, 6) is 0.497. The first-order chi connectivity index (χ1) is 8.22. The molecule has 0 atom stereocenters. The highest BCUT2D eigenvalue weighted by atomic mass is 16.3. The molecule has 5 N–H and O–H groups in total. The number of aliphatic hydroxyl groups is 1. The molecule has 0 amide bonds. The standard InChI is InChI=1S/C9H12N6O2/c10-9-12-4-5-6(13-9)7(11-2-1-3-16)14-15-8(5)17/h4,16H,1-3H2,(H,11,14)(H,15,17)(H2,10,12,13). The van der Waals surface area contributed by atoms with Gasteiger partial charge in [-0.2, -0.15) is 5.10 Å². The Morgan fingerprint density at radius 1 is 1.53 bits per heavy atom. The third-order valence-electron chi connectivity index (χ3n) is 2.17. The summed E-state index contributed by atoms with van der Waals surface area (Å²) >= 11 is 0. The Morgan fingerprint density at radius 2 is 2.35 bits per heavy atom. The first-order valence-corrected chi connectivity index (χ1v) is 5.08. The number of hydrogen-bond acceptors (Lipinski definition) is 7. The normalized spacial score (nSPS) is 10.6. The number of nitrogens with one attached hydrogen (secondary N) is 2. The van der Waals surface area contributed by atoms with Crippen molar-refractivity contribution >= 4 is 22.7 Å². The lowest BCUT2D eigenvalue weighted by atomic mass is 10.3. The number of nitrogen functional groups attached to an aromatic ring is 1. The minimum Gasteiger partial charge on any atom is -0.396 e. The van der Waals surface area contributed by atoms with Gasteiger partial charge in [-0.25, -0.2) is 15.1 Å². The molecule has 0 bridgehead atoms. The molecule has 0 unspecified atom stereocenters. The zero-order valence-electron chi connectivity index (χ0n) is 8.97. The molecule has 8 heteroatoms. The number of aromatic amines is 1. The molecule has 2 rings (SSSR count). The van der Waals surface area contributed by atoms with Crippen molar-refractivity contribution in [2.75, 3.05) is 24.2 Å². The Morgan fingerprint density at radius 3 is 3.12 bits per heavy atom. The minimum atomic E-state index is -0.368. The van der Waals surface area contributed by atoms with E-state index in [9.17, 15) is 4.79 Å². The van der Waals surface area contributed by atoms with Gasteiger partial charge in [0.05, 0.1) is 5.39 Å². The number of nitrogens with zero attached hydrogens (tertiary/aromatic N) is 3. The van der Waals surface area contributed by atoms with Crippen LogP contribution in [0.4, 0.5) is 11.8 Å². The van der Waals surface area contributed by atoms with Crippen molar-refractivity contribution in [3.63, 3.8) is 0 Å². The summed E-state index contributed by atoms with van der Waals surface area (Å²) in [6.45, 7) is 0.597. The Balaban J connectivity index is 2.45. The number of fused-ring (bicyclic) bond motifs is 1. The van der Waals surface area contributed by atoms with Crippen LogP contribution in [0.2, 0.25) is 0 Å². The van der Waals surface area contributed by atoms with Crippen molar-refractivity contribution in [1.29, 1.82) is 0 Å². The van der Waals surface area contributed by atoms with E-state index in [0.717, 1.165) is 0 Å². The van der Waals surface area contributed by atoms with Gasteiger partial charge < -0.3 is 16.2 Å². The van der Waals surface area contributed by atoms with Crippen molar-refractivity contribution in [2.24, 2.45) is 0 Å². The monoisotopic (exact) mass is 236 g/mol. The predicted molar refractivity (Wildman–Crippen MR) is 62.6 cm³/mol. The number of anilines is 2. The van der Waals surface area contributed by atoms with E-state index < -0.39 is 0 Å². The maximum atomic E-state index is 11.5. The Kier molecular flexibility index (Phi) is 3.15. The fourth-order valence-electron chi connectivity index (χ4n) is 1.37. The van der Waals surface area contributed by atoms with Crippen LogP contribution < -0.4 is 16.6 Å². The maximum Gasteiger partial charge on any atom is 0.275 e. The summed E-state index contributed by atoms with van der Waals surface area (Å²) in [6, 6.07) is 0. The minimum absolute atomic E-state index is 0.0748. The molecule has 0 aromatic carbocycles. The van der Waals surface area contributed by atoms with E-state index in [1.54, 1.807) is 0 Å². The zero-order valence-corrected chi connectivity index (χ0v) is 8.97. The summed E-state index contributed by atoms with van der Waals surface area (Å²) in [4.78, 5) is 19.2. The zero-order chi connectivity index (χ0) is 12.3. The Hall–Kier alpha value is -2.22. The van der Waals surface area contributed by atoms with Gasteiger partial charge in [0.25, 0.3) is 5.56 Å². The molecular formula is C9H12N6O2. The summed E-state index contributed by atoms with van der Waals surface area (Å²) < 4.78 is 0. The van der Waals surface area contributed by atoms with Gasteiger partial charge in [0.15, 0.2) is 5.82 Å². The van der Waals surface area contributed by atoms with Gasteiger partial charge in [0.1, 0.15) is 5.52 Å². The lowest BCUT2D eigenvalue weighted by Gasteiger charge is -2.06. The molecule has 0 saturated heterocycles. The van der Waals surface area contributed by atoms with E-state index in [-0.39, 0.29) is 18.1 Å². The molecule has 0 aliphatic carbocycles. The van der Waals surface area contributed by atoms with Crippen LogP contribution in [0.1, 0.15) is 6.42 Å². The van der Waals surface area contributed by atoms with E-state index in [0.29, 0.717) is 29.7 Å². The van der Waals surface area contributed by atoms with Gasteiger partial charge in [0, 0.05) is 19.3 Å². The summed E-state index contributed by atoms with van der Waals surface area (Å²) in [5, 5.41) is 18.1. The average Bonchev–Trinajstić information content (AvgIpc) is 2.32. The van der Waals surface area contributed by atoms with Crippen LogP contribution in [-0.2, 0) is 0 Å². The van der Waals surface area contributed by atoms with Crippen molar-refractivity contribution in [3.05, 3.63) is 16.6 Å². The van der Waals surface area contributed by atoms with Crippen LogP contribution in [-0.4, -0.2) is 38.4 Å². The molecule has 0 aliphatic heterocycles. The maximum absolute atomic E-state index is 11.5. The van der Waals surface area contributed by atoms with E-state index in [2.05, 4.69) is 25.5 Å². The lowest BCUT2D eigenvalue weighted by molar-refractivity contribution is 0.292. The second kappa shape index (κ2) is 4.74. The van der Waals surface area contributed by atoms with Crippen LogP contribution >= 0.6 is 0 Å². The van der Waals surface area contributed by atoms with E-state index in [1.807, 2.05) is 0 Å². The first kappa shape index (κ1) is 11.3. The van der Waals surface area contributed by atoms with Crippen molar-refractivity contribution < 1.29 is 5.11 Å². The second-order valence-corrected chi connectivity index (χ2v) is 3.40. The molecule has 0 aliphatic rings. The van der Waals surface area contributed by atoms with E-state index in [1.165, 1.54) is 6.20 Å². The molecule has 0 radical (unpaired) electrons. The molecule has 90 valence electrons. The van der Waals surface area contributed by atoms with Crippen LogP contribution in [0.25, 0.3) is 10.9 Å². The van der Waals surface area contributed by atoms with Gasteiger partial charge in [-0.1, -0.05) is 0 Å². The molecule has 2 aromatic rings. The number of aromatic nitrogens is 4. The van der Waals surface area contributed by atoms with Crippen LogP contribution in [0.3, 0.4) is 0 Å². The molecule has 0 saturated carbocycles. The van der Waals surface area contributed by atoms with Gasteiger partial charge in [-0.05, 0) is 6.42 Å². The fourth-order valence-corrected chi connectivity index (χ4v) is 1.37. The van der Waals surface area contributed by atoms with Crippen molar-refractivity contribution in [3.8, 4) is 0 Å². The number of hydrogen-bond donors (Lipinski definition) is 4. The summed E-state index contributed by atoms with van der Waals surface area (Å²) in [5.41, 5.74) is 5.47. The largest absolute Gasteiger partial charge is 0.396 e. The lowest BCUT2D eigenvalue weighted by Crippen LogP contribution is -2.15. The summed E-state index contributed by atoms with van der Waals surface area (Å²) in [7, 11) is 0. The fraction of sp³-hybridized carbons (Fsp3) is 0.333. The van der Waals surface area contributed by atoms with Gasteiger partial charge in [-0.3, -0.25) is 4.79 Å². The SMILES string of the molecule is Nc1ncc2c(=O)[nH]nc(NCCCO)c2n1. The second-order valence-electron chi connectivity index (χ2n) is 3.40. The first-order valence-electron chi connectivity index (χ1n) is 5.08. The average molecular weight is 236 g/mol. The van der Waals surface area contributed by atoms with Crippen LogP contribution in [0.5, 0.6) is 0 Å². The summed E-state index contributed by atoms with van der Waals surface area (Å²) in [6.07, 6.45) is 1.93. The molecule has 2 aromatic heterocycles. The third kappa shape index (κ3) is 2.31. The number of rotatable bonds is 4. The molecule has 0 fully saturated rings. The smallest absolute Gasteiger partial charge is 0.275 e. The highest BCUT2D eigenvalue weighted by Crippen LogP contribution is 2.14. The van der Waals surface area contributed by atoms with Crippen molar-refractivity contribution in [1.82, 2.24) is 20.2 Å².